The number of rotatable bonds is 5. The Kier molecular flexibility index (Phi) is 4.55. The number of benzene rings is 1. The Labute approximate surface area is 126 Å². The van der Waals surface area contributed by atoms with Crippen LogP contribution in [0.3, 0.4) is 0 Å². The van der Waals surface area contributed by atoms with Gasteiger partial charge in [-0.3, -0.25) is 9.59 Å². The minimum atomic E-state index is -1.73. The Morgan fingerprint density at radius 1 is 0.955 bits per heavy atom. The number of hydrogen-bond donors (Lipinski definition) is 0. The van der Waals surface area contributed by atoms with Crippen molar-refractivity contribution in [1.82, 2.24) is 4.90 Å². The smallest absolute Gasteiger partial charge is 0.341 e. The van der Waals surface area contributed by atoms with Gasteiger partial charge >= 0.3 is 11.9 Å². The van der Waals surface area contributed by atoms with Gasteiger partial charge in [-0.15, -0.1) is 0 Å². The Morgan fingerprint density at radius 3 is 1.73 bits per heavy atom. The van der Waals surface area contributed by atoms with Gasteiger partial charge in [-0.2, -0.15) is 0 Å². The molecule has 2 rings (SSSR count). The maximum absolute atomic E-state index is 12.4. The van der Waals surface area contributed by atoms with E-state index in [9.17, 15) is 19.2 Å². The first kappa shape index (κ1) is 15.7. The van der Waals surface area contributed by atoms with Gasteiger partial charge in [0.1, 0.15) is 0 Å². The Balaban J connectivity index is 2.41. The van der Waals surface area contributed by atoms with Gasteiger partial charge in [-0.25, -0.2) is 14.5 Å². The number of nitrogens with zero attached hydrogens (tertiary/aromatic N) is 1. The molecule has 7 nitrogen and oxygen atoms in total. The minimum absolute atomic E-state index is 0.0118. The maximum atomic E-state index is 12.4. The molecule has 1 aliphatic heterocycles. The molecule has 1 aliphatic rings. The van der Waals surface area contributed by atoms with Crippen molar-refractivity contribution in [3.05, 3.63) is 35.4 Å². The molecule has 7 heteroatoms. The summed E-state index contributed by atoms with van der Waals surface area (Å²) in [5.41, 5.74) is 0.289. The van der Waals surface area contributed by atoms with Crippen molar-refractivity contribution in [3.63, 3.8) is 0 Å². The quantitative estimate of drug-likeness (QED) is 0.345. The SMILES string of the molecule is CCO[13C](=O)C([13C](=O)OCC)N1C(=O)c2ccccc2C1=O. The third-order valence-electron chi connectivity index (χ3n) is 3.10. The second-order valence-corrected chi connectivity index (χ2v) is 4.43. The summed E-state index contributed by atoms with van der Waals surface area (Å²) in [6.07, 6.45) is 0. The van der Waals surface area contributed by atoms with Gasteiger partial charge in [0.05, 0.1) is 24.3 Å². The van der Waals surface area contributed by atoms with Gasteiger partial charge in [0.2, 0.25) is 6.04 Å². The number of esters is 2. The van der Waals surface area contributed by atoms with E-state index in [2.05, 4.69) is 0 Å². The van der Waals surface area contributed by atoms with E-state index in [0.29, 0.717) is 4.90 Å². The average Bonchev–Trinajstić information content (AvgIpc) is 2.74. The molecule has 0 N–H and O–H groups in total. The van der Waals surface area contributed by atoms with Gasteiger partial charge in [-0.1, -0.05) is 12.1 Å². The van der Waals surface area contributed by atoms with Crippen LogP contribution in [0.4, 0.5) is 0 Å². The first-order valence-electron chi connectivity index (χ1n) is 6.83. The number of carbonyl (C=O) groups excluding carboxylic acids is 4. The monoisotopic (exact) mass is 307 g/mol. The molecule has 0 aromatic heterocycles. The van der Waals surface area contributed by atoms with Crippen LogP contribution < -0.4 is 0 Å². The summed E-state index contributed by atoms with van der Waals surface area (Å²) in [7, 11) is 0. The van der Waals surface area contributed by atoms with E-state index < -0.39 is 29.8 Å². The van der Waals surface area contributed by atoms with Crippen LogP contribution in [0.15, 0.2) is 24.3 Å². The molecule has 1 aromatic rings. The molecule has 0 atom stereocenters. The Morgan fingerprint density at radius 2 is 1.36 bits per heavy atom. The van der Waals surface area contributed by atoms with E-state index >= 15 is 0 Å². The zero-order valence-electron chi connectivity index (χ0n) is 12.2. The molecule has 0 unspecified atom stereocenters. The highest BCUT2D eigenvalue weighted by molar-refractivity contribution is 6.25. The van der Waals surface area contributed by atoms with E-state index in [1.54, 1.807) is 26.0 Å². The standard InChI is InChI=1S/C15H15NO6/c1-3-21-14(19)11(15(20)22-4-2)16-12(17)9-7-5-6-8-10(9)13(16)18/h5-8,11H,3-4H2,1-2H3/i14+1,15+1. The lowest BCUT2D eigenvalue weighted by Crippen LogP contribution is -2.51. The summed E-state index contributed by atoms with van der Waals surface area (Å²) >= 11 is 0. The molecule has 2 amide bonds. The van der Waals surface area contributed by atoms with Gasteiger partial charge in [0.15, 0.2) is 0 Å². The zero-order chi connectivity index (χ0) is 16.3. The first-order valence-corrected chi connectivity index (χ1v) is 6.83. The van der Waals surface area contributed by atoms with E-state index in [0.717, 1.165) is 0 Å². The van der Waals surface area contributed by atoms with Crippen molar-refractivity contribution in [2.75, 3.05) is 13.2 Å². The molecule has 1 heterocycles. The highest BCUT2D eigenvalue weighted by Crippen LogP contribution is 2.25. The van der Waals surface area contributed by atoms with E-state index in [-0.39, 0.29) is 24.3 Å². The molecule has 0 bridgehead atoms. The zero-order valence-corrected chi connectivity index (χ0v) is 12.2. The number of ether oxygens (including phenoxy) is 2. The molecule has 0 aliphatic carbocycles. The third kappa shape index (κ3) is 2.57. The fourth-order valence-corrected chi connectivity index (χ4v) is 2.19. The molecule has 0 saturated carbocycles. The van der Waals surface area contributed by atoms with Crippen molar-refractivity contribution in [2.45, 2.75) is 19.9 Å². The fraction of sp³-hybridized carbons (Fsp3) is 0.333. The summed E-state index contributed by atoms with van der Waals surface area (Å²) in [6.45, 7) is 3.14. The lowest BCUT2D eigenvalue weighted by atomic mass is 10.1. The first-order chi connectivity index (χ1) is 10.5. The largest absolute Gasteiger partial charge is 0.464 e. The van der Waals surface area contributed by atoms with Gasteiger partial charge in [0, 0.05) is 0 Å². The average molecular weight is 307 g/mol. The number of amides is 2. The van der Waals surface area contributed by atoms with Crippen LogP contribution in [0.25, 0.3) is 0 Å². The van der Waals surface area contributed by atoms with Crippen LogP contribution in [-0.2, 0) is 19.1 Å². The number of carbonyl (C=O) groups is 4. The van der Waals surface area contributed by atoms with Crippen molar-refractivity contribution in [3.8, 4) is 0 Å². The van der Waals surface area contributed by atoms with Crippen molar-refractivity contribution in [2.24, 2.45) is 0 Å². The second kappa shape index (κ2) is 6.38. The number of imide groups is 1. The molecule has 116 valence electrons. The maximum Gasteiger partial charge on any atom is 0.341 e. The Bertz CT molecular complexity index is 586. The lowest BCUT2D eigenvalue weighted by Gasteiger charge is -2.22. The van der Waals surface area contributed by atoms with Crippen molar-refractivity contribution >= 4 is 23.8 Å². The van der Waals surface area contributed by atoms with Crippen LogP contribution >= 0.6 is 0 Å². The second-order valence-electron chi connectivity index (χ2n) is 4.43. The van der Waals surface area contributed by atoms with Crippen LogP contribution in [0.2, 0.25) is 0 Å². The van der Waals surface area contributed by atoms with Gasteiger partial charge in [0.25, 0.3) is 11.8 Å². The fourth-order valence-electron chi connectivity index (χ4n) is 2.19. The summed E-state index contributed by atoms with van der Waals surface area (Å²) in [6, 6.07) is 4.38. The van der Waals surface area contributed by atoms with E-state index in [1.807, 2.05) is 0 Å². The summed E-state index contributed by atoms with van der Waals surface area (Å²) < 4.78 is 9.59. The summed E-state index contributed by atoms with van der Waals surface area (Å²) in [5.74, 6) is -3.41. The summed E-state index contributed by atoms with van der Waals surface area (Å²) in [4.78, 5) is 49.3. The molecule has 0 radical (unpaired) electrons. The highest BCUT2D eigenvalue weighted by atomic mass is 16.7. The normalized spacial score (nSPS) is 13.3. The number of fused-ring (bicyclic) bond motifs is 1. The van der Waals surface area contributed by atoms with Crippen LogP contribution in [0.1, 0.15) is 34.6 Å². The van der Waals surface area contributed by atoms with Gasteiger partial charge in [-0.05, 0) is 26.0 Å². The lowest BCUT2D eigenvalue weighted by molar-refractivity contribution is -0.161. The summed E-state index contributed by atoms with van der Waals surface area (Å²) in [5, 5.41) is 0. The molecule has 0 fully saturated rings. The number of hydrogen-bond acceptors (Lipinski definition) is 6. The molecular weight excluding hydrogens is 292 g/mol. The molecule has 22 heavy (non-hydrogen) atoms. The van der Waals surface area contributed by atoms with E-state index in [4.69, 9.17) is 9.47 Å². The topological polar surface area (TPSA) is 90.0 Å². The molecular formula is C15H15NO6. The van der Waals surface area contributed by atoms with Crippen molar-refractivity contribution in [1.29, 1.82) is 0 Å². The predicted molar refractivity (Wildman–Crippen MR) is 74.0 cm³/mol. The van der Waals surface area contributed by atoms with Crippen molar-refractivity contribution < 1.29 is 28.7 Å². The van der Waals surface area contributed by atoms with Crippen LogP contribution in [-0.4, -0.2) is 47.9 Å². The minimum Gasteiger partial charge on any atom is -0.464 e. The van der Waals surface area contributed by atoms with E-state index in [1.165, 1.54) is 12.1 Å². The predicted octanol–water partition coefficient (Wildman–Crippen LogP) is 0.777. The van der Waals surface area contributed by atoms with Gasteiger partial charge < -0.3 is 9.47 Å². The van der Waals surface area contributed by atoms with Crippen LogP contribution in [0, 0.1) is 0 Å². The Hall–Kier alpha value is -2.70. The van der Waals surface area contributed by atoms with Crippen LogP contribution in [0.5, 0.6) is 0 Å². The molecule has 0 saturated heterocycles. The molecule has 1 aromatic carbocycles. The molecule has 0 spiro atoms. The highest BCUT2D eigenvalue weighted by Gasteiger charge is 2.47. The third-order valence-corrected chi connectivity index (χ3v) is 3.10.